The molecule has 1 aliphatic rings. The maximum Gasteiger partial charge on any atom is 0.322 e. The zero-order valence-electron chi connectivity index (χ0n) is 10.5. The number of anilines is 1. The third kappa shape index (κ3) is 2.89. The Hall–Kier alpha value is -2.75. The van der Waals surface area contributed by atoms with Gasteiger partial charge in [-0.1, -0.05) is 11.3 Å². The molecule has 2 aromatic rings. The van der Waals surface area contributed by atoms with E-state index in [1.54, 1.807) is 12.1 Å². The van der Waals surface area contributed by atoms with Crippen LogP contribution in [0.5, 0.6) is 0 Å². The van der Waals surface area contributed by atoms with E-state index in [0.717, 1.165) is 11.3 Å². The third-order valence-corrected chi connectivity index (χ3v) is 3.50. The fraction of sp³-hybridized carbons (Fsp3) is 0.182. The highest BCUT2D eigenvalue weighted by molar-refractivity contribution is 7.18. The Morgan fingerprint density at radius 2 is 2.29 bits per heavy atom. The fourth-order valence-corrected chi connectivity index (χ4v) is 2.46. The summed E-state index contributed by atoms with van der Waals surface area (Å²) < 4.78 is 5.17. The summed E-state index contributed by atoms with van der Waals surface area (Å²) in [5.41, 5.74) is 0. The maximum atomic E-state index is 11.8. The van der Waals surface area contributed by atoms with Gasteiger partial charge < -0.3 is 15.1 Å². The van der Waals surface area contributed by atoms with E-state index in [-0.39, 0.29) is 11.6 Å². The highest BCUT2D eigenvalue weighted by atomic mass is 32.1. The van der Waals surface area contributed by atoms with Gasteiger partial charge >= 0.3 is 6.03 Å². The van der Waals surface area contributed by atoms with Crippen LogP contribution < -0.4 is 16.0 Å². The van der Waals surface area contributed by atoms with Gasteiger partial charge in [-0.05, 0) is 12.1 Å². The van der Waals surface area contributed by atoms with Gasteiger partial charge in [-0.15, -0.1) is 10.2 Å². The average molecular weight is 307 g/mol. The SMILES string of the molecule is O=C(C[C@H]1NC(=O)NC1=O)Nc1nnc(-c2ccco2)s1. The number of imide groups is 1. The van der Waals surface area contributed by atoms with Crippen molar-refractivity contribution in [1.29, 1.82) is 0 Å². The molecule has 3 rings (SSSR count). The van der Waals surface area contributed by atoms with E-state index in [0.29, 0.717) is 10.8 Å². The molecule has 10 heteroatoms. The first-order chi connectivity index (χ1) is 10.1. The number of rotatable bonds is 4. The summed E-state index contributed by atoms with van der Waals surface area (Å²) in [6, 6.07) is 1.98. The molecule has 1 aliphatic heterocycles. The van der Waals surface area contributed by atoms with Crippen LogP contribution in [0.1, 0.15) is 6.42 Å². The summed E-state index contributed by atoms with van der Waals surface area (Å²) in [6.07, 6.45) is 1.34. The zero-order valence-corrected chi connectivity index (χ0v) is 11.3. The van der Waals surface area contributed by atoms with Gasteiger partial charge in [0.25, 0.3) is 5.91 Å². The van der Waals surface area contributed by atoms with Gasteiger partial charge in [0.05, 0.1) is 12.7 Å². The molecule has 9 nitrogen and oxygen atoms in total. The summed E-state index contributed by atoms with van der Waals surface area (Å²) in [4.78, 5) is 34.0. The van der Waals surface area contributed by atoms with Crippen molar-refractivity contribution in [2.24, 2.45) is 0 Å². The van der Waals surface area contributed by atoms with Crippen LogP contribution >= 0.6 is 11.3 Å². The number of carbonyl (C=O) groups excluding carboxylic acids is 3. The first-order valence-electron chi connectivity index (χ1n) is 5.90. The summed E-state index contributed by atoms with van der Waals surface area (Å²) in [5.74, 6) is -0.418. The Morgan fingerprint density at radius 1 is 1.43 bits per heavy atom. The summed E-state index contributed by atoms with van der Waals surface area (Å²) in [6.45, 7) is 0. The lowest BCUT2D eigenvalue weighted by atomic mass is 10.2. The lowest BCUT2D eigenvalue weighted by Gasteiger charge is -2.05. The smallest absolute Gasteiger partial charge is 0.322 e. The van der Waals surface area contributed by atoms with E-state index in [1.807, 2.05) is 0 Å². The quantitative estimate of drug-likeness (QED) is 0.699. The molecule has 1 saturated heterocycles. The van der Waals surface area contributed by atoms with Gasteiger partial charge in [-0.2, -0.15) is 0 Å². The zero-order chi connectivity index (χ0) is 14.8. The molecule has 3 heterocycles. The van der Waals surface area contributed by atoms with Crippen molar-refractivity contribution in [3.63, 3.8) is 0 Å². The van der Waals surface area contributed by atoms with Crippen LogP contribution in [0.2, 0.25) is 0 Å². The standard InChI is InChI=1S/C11H9N5O4S/c17-7(4-5-8(18)14-10(19)12-5)13-11-16-15-9(21-11)6-2-1-3-20-6/h1-3,5H,4H2,(H,13,16,17)(H2,12,14,18,19)/t5-/m1/s1. The molecule has 21 heavy (non-hydrogen) atoms. The number of aromatic nitrogens is 2. The van der Waals surface area contributed by atoms with Gasteiger partial charge in [0.2, 0.25) is 11.0 Å². The number of hydrogen-bond acceptors (Lipinski definition) is 7. The molecule has 4 amide bonds. The van der Waals surface area contributed by atoms with E-state index < -0.39 is 23.9 Å². The summed E-state index contributed by atoms with van der Waals surface area (Å²) >= 11 is 1.14. The van der Waals surface area contributed by atoms with E-state index in [1.165, 1.54) is 6.26 Å². The number of urea groups is 1. The number of hydrogen-bond donors (Lipinski definition) is 3. The van der Waals surface area contributed by atoms with Crippen molar-refractivity contribution in [3.05, 3.63) is 18.4 Å². The molecular formula is C11H9N5O4S. The molecule has 1 atom stereocenters. The molecule has 3 N–H and O–H groups in total. The highest BCUT2D eigenvalue weighted by Gasteiger charge is 2.31. The molecule has 0 aromatic carbocycles. The lowest BCUT2D eigenvalue weighted by Crippen LogP contribution is -2.33. The summed E-state index contributed by atoms with van der Waals surface area (Å²) in [7, 11) is 0. The molecule has 0 spiro atoms. The Morgan fingerprint density at radius 3 is 2.95 bits per heavy atom. The molecule has 0 saturated carbocycles. The van der Waals surface area contributed by atoms with E-state index in [4.69, 9.17) is 4.42 Å². The second kappa shape index (κ2) is 5.32. The molecule has 2 aromatic heterocycles. The molecular weight excluding hydrogens is 298 g/mol. The summed E-state index contributed by atoms with van der Waals surface area (Å²) in [5, 5.41) is 15.4. The topological polar surface area (TPSA) is 126 Å². The Kier molecular flexibility index (Phi) is 3.36. The van der Waals surface area contributed by atoms with Crippen LogP contribution in [0, 0.1) is 0 Å². The number of amides is 4. The van der Waals surface area contributed by atoms with E-state index in [9.17, 15) is 14.4 Å². The largest absolute Gasteiger partial charge is 0.462 e. The predicted octanol–water partition coefficient (Wildman–Crippen LogP) is 0.335. The Bertz CT molecular complexity index is 695. The molecule has 0 unspecified atom stereocenters. The van der Waals surface area contributed by atoms with Crippen LogP contribution in [0.3, 0.4) is 0 Å². The molecule has 108 valence electrons. The molecule has 1 fully saturated rings. The van der Waals surface area contributed by atoms with Gasteiger partial charge in [-0.3, -0.25) is 14.9 Å². The number of furan rings is 1. The van der Waals surface area contributed by atoms with Gasteiger partial charge in [0, 0.05) is 0 Å². The van der Waals surface area contributed by atoms with Gasteiger partial charge in [0.15, 0.2) is 10.8 Å². The fourth-order valence-electron chi connectivity index (χ4n) is 1.73. The van der Waals surface area contributed by atoms with Crippen molar-refractivity contribution < 1.29 is 18.8 Å². The van der Waals surface area contributed by atoms with E-state index >= 15 is 0 Å². The number of nitrogens with one attached hydrogen (secondary N) is 3. The lowest BCUT2D eigenvalue weighted by molar-refractivity contribution is -0.124. The normalized spacial score (nSPS) is 17.4. The number of nitrogens with zero attached hydrogens (tertiary/aromatic N) is 2. The molecule has 0 bridgehead atoms. The minimum atomic E-state index is -0.866. The maximum absolute atomic E-state index is 11.8. The second-order valence-electron chi connectivity index (χ2n) is 4.16. The van der Waals surface area contributed by atoms with Crippen molar-refractivity contribution >= 4 is 34.3 Å². The monoisotopic (exact) mass is 307 g/mol. The van der Waals surface area contributed by atoms with Crippen LogP contribution in [0.15, 0.2) is 22.8 Å². The minimum Gasteiger partial charge on any atom is -0.462 e. The predicted molar refractivity (Wildman–Crippen MR) is 71.3 cm³/mol. The van der Waals surface area contributed by atoms with Gasteiger partial charge in [-0.25, -0.2) is 4.79 Å². The van der Waals surface area contributed by atoms with Gasteiger partial charge in [0.1, 0.15) is 6.04 Å². The van der Waals surface area contributed by atoms with E-state index in [2.05, 4.69) is 26.1 Å². The first-order valence-corrected chi connectivity index (χ1v) is 6.72. The van der Waals surface area contributed by atoms with Crippen molar-refractivity contribution in [2.45, 2.75) is 12.5 Å². The molecule has 0 aliphatic carbocycles. The minimum absolute atomic E-state index is 0.173. The highest BCUT2D eigenvalue weighted by Crippen LogP contribution is 2.26. The van der Waals surface area contributed by atoms with Crippen molar-refractivity contribution in [3.8, 4) is 10.8 Å². The van der Waals surface area contributed by atoms with Crippen LogP contribution in [0.25, 0.3) is 10.8 Å². The van der Waals surface area contributed by atoms with Crippen molar-refractivity contribution in [2.75, 3.05) is 5.32 Å². The second-order valence-corrected chi connectivity index (χ2v) is 5.13. The average Bonchev–Trinajstić information content (AvgIpc) is 3.11. The van der Waals surface area contributed by atoms with Crippen LogP contribution in [0.4, 0.5) is 9.93 Å². The molecule has 0 radical (unpaired) electrons. The third-order valence-electron chi connectivity index (χ3n) is 2.65. The Balaban J connectivity index is 1.60. The van der Waals surface area contributed by atoms with Crippen molar-refractivity contribution in [1.82, 2.24) is 20.8 Å². The van der Waals surface area contributed by atoms with Crippen LogP contribution in [-0.2, 0) is 9.59 Å². The Labute approximate surface area is 121 Å². The first kappa shape index (κ1) is 13.2. The van der Waals surface area contributed by atoms with Crippen LogP contribution in [-0.4, -0.2) is 34.1 Å². The number of carbonyl (C=O) groups is 3.